The summed E-state index contributed by atoms with van der Waals surface area (Å²) in [5.74, 6) is 0. The largest absolute Gasteiger partial charge is 0.369 e. The first-order valence-corrected chi connectivity index (χ1v) is 8.82. The standard InChI is InChI=1S/C9H15NO6P2/c1-17(12,13)9(11,18(14,15)16)5-8-10-6-3-2-4-7-10/h2-4,6-7,11H,5,8H2,1H3,(H2-,12,13,14,15,16)/p+1. The smallest absolute Gasteiger partial charge is 0.367 e. The summed E-state index contributed by atoms with van der Waals surface area (Å²) in [7, 11) is -9.48. The second-order valence-corrected chi connectivity index (χ2v) is 8.74. The minimum absolute atomic E-state index is 0.0147. The monoisotopic (exact) mass is 296 g/mol. The minimum Gasteiger partial charge on any atom is -0.369 e. The van der Waals surface area contributed by atoms with Crippen molar-refractivity contribution in [3.8, 4) is 0 Å². The van der Waals surface area contributed by atoms with E-state index in [-0.39, 0.29) is 6.54 Å². The zero-order valence-corrected chi connectivity index (χ0v) is 11.5. The van der Waals surface area contributed by atoms with E-state index in [0.717, 1.165) is 6.66 Å². The fraction of sp³-hybridized carbons (Fsp3) is 0.444. The van der Waals surface area contributed by atoms with Gasteiger partial charge in [-0.05, 0) is 0 Å². The van der Waals surface area contributed by atoms with Crippen molar-refractivity contribution < 1.29 is 33.5 Å². The molecular weight excluding hydrogens is 280 g/mol. The average Bonchev–Trinajstić information content (AvgIpc) is 2.24. The van der Waals surface area contributed by atoms with Gasteiger partial charge >= 0.3 is 7.60 Å². The van der Waals surface area contributed by atoms with Gasteiger partial charge < -0.3 is 19.8 Å². The van der Waals surface area contributed by atoms with Gasteiger partial charge in [-0.1, -0.05) is 6.07 Å². The fourth-order valence-corrected chi connectivity index (χ4v) is 4.30. The number of aliphatic hydroxyl groups is 1. The lowest BCUT2D eigenvalue weighted by atomic mass is 10.4. The molecular formula is C9H16NO6P2+. The van der Waals surface area contributed by atoms with Crippen LogP contribution < -0.4 is 4.57 Å². The Kier molecular flexibility index (Phi) is 4.49. The summed E-state index contributed by atoms with van der Waals surface area (Å²) >= 11 is 0. The van der Waals surface area contributed by atoms with Crippen LogP contribution in [-0.4, -0.2) is 31.5 Å². The first kappa shape index (κ1) is 15.5. The number of aryl methyl sites for hydroxylation is 1. The third kappa shape index (κ3) is 3.26. The number of hydrogen-bond acceptors (Lipinski definition) is 3. The molecule has 0 bridgehead atoms. The van der Waals surface area contributed by atoms with E-state index in [1.165, 1.54) is 0 Å². The summed E-state index contributed by atoms with van der Waals surface area (Å²) in [6.07, 6.45) is 2.73. The summed E-state index contributed by atoms with van der Waals surface area (Å²) in [4.78, 5) is 27.5. The Labute approximate surface area is 104 Å². The Morgan fingerprint density at radius 2 is 1.61 bits per heavy atom. The van der Waals surface area contributed by atoms with E-state index < -0.39 is 26.5 Å². The van der Waals surface area contributed by atoms with Crippen LogP contribution in [0.5, 0.6) is 0 Å². The molecule has 0 spiro atoms. The highest BCUT2D eigenvalue weighted by molar-refractivity contribution is 7.74. The normalized spacial score (nSPS) is 18.9. The second-order valence-electron chi connectivity index (χ2n) is 4.06. The molecule has 2 atom stereocenters. The molecule has 0 aliphatic carbocycles. The van der Waals surface area contributed by atoms with Crippen LogP contribution in [0.3, 0.4) is 0 Å². The molecule has 7 nitrogen and oxygen atoms in total. The van der Waals surface area contributed by atoms with Crippen LogP contribution >= 0.6 is 15.0 Å². The molecule has 0 amide bonds. The summed E-state index contributed by atoms with van der Waals surface area (Å²) in [5.41, 5.74) is 0. The maximum atomic E-state index is 11.5. The fourth-order valence-electron chi connectivity index (χ4n) is 1.46. The van der Waals surface area contributed by atoms with Crippen LogP contribution in [0.1, 0.15) is 6.42 Å². The van der Waals surface area contributed by atoms with Crippen molar-refractivity contribution >= 4 is 15.0 Å². The van der Waals surface area contributed by atoms with Gasteiger partial charge in [0.25, 0.3) is 0 Å². The Morgan fingerprint density at radius 3 is 2.00 bits per heavy atom. The van der Waals surface area contributed by atoms with Gasteiger partial charge in [0.2, 0.25) is 12.5 Å². The number of hydrogen-bond donors (Lipinski definition) is 4. The molecule has 2 unspecified atom stereocenters. The second kappa shape index (κ2) is 5.21. The maximum absolute atomic E-state index is 11.5. The highest BCUT2D eigenvalue weighted by Crippen LogP contribution is 2.69. The van der Waals surface area contributed by atoms with Gasteiger partial charge in [-0.2, -0.15) is 0 Å². The van der Waals surface area contributed by atoms with E-state index in [2.05, 4.69) is 0 Å². The predicted octanol–water partition coefficient (Wildman–Crippen LogP) is 0.0882. The van der Waals surface area contributed by atoms with E-state index in [4.69, 9.17) is 9.79 Å². The molecule has 0 aliphatic heterocycles. The maximum Gasteiger partial charge on any atom is 0.367 e. The summed E-state index contributed by atoms with van der Waals surface area (Å²) in [6.45, 7) is 0.753. The quantitative estimate of drug-likeness (QED) is 0.451. The Morgan fingerprint density at radius 1 is 1.11 bits per heavy atom. The van der Waals surface area contributed by atoms with Gasteiger partial charge in [0.05, 0.1) is 6.42 Å². The first-order chi connectivity index (χ1) is 8.08. The summed E-state index contributed by atoms with van der Waals surface area (Å²) < 4.78 is 24.3. The van der Waals surface area contributed by atoms with Gasteiger partial charge in [-0.25, -0.2) is 4.57 Å². The first-order valence-electron chi connectivity index (χ1n) is 5.10. The third-order valence-electron chi connectivity index (χ3n) is 2.61. The van der Waals surface area contributed by atoms with Crippen LogP contribution in [0.4, 0.5) is 0 Å². The number of nitrogens with zero attached hydrogens (tertiary/aromatic N) is 1. The van der Waals surface area contributed by atoms with Gasteiger partial charge in [-0.3, -0.25) is 9.13 Å². The van der Waals surface area contributed by atoms with Crippen molar-refractivity contribution in [3.63, 3.8) is 0 Å². The molecule has 0 fully saturated rings. The SMILES string of the molecule is CP(=O)(O)C(O)(CC[n+]1ccccc1)P(=O)(O)O. The molecule has 0 saturated carbocycles. The average molecular weight is 296 g/mol. The van der Waals surface area contributed by atoms with Gasteiger partial charge in [0.1, 0.15) is 0 Å². The molecule has 0 aromatic carbocycles. The van der Waals surface area contributed by atoms with Crippen LogP contribution in [0.15, 0.2) is 30.6 Å². The molecule has 0 radical (unpaired) electrons. The van der Waals surface area contributed by atoms with Crippen molar-refractivity contribution in [1.29, 1.82) is 0 Å². The lowest BCUT2D eigenvalue weighted by Gasteiger charge is -2.29. The van der Waals surface area contributed by atoms with Crippen molar-refractivity contribution in [2.24, 2.45) is 0 Å². The molecule has 102 valence electrons. The van der Waals surface area contributed by atoms with E-state index >= 15 is 0 Å². The molecule has 1 aromatic heterocycles. The van der Waals surface area contributed by atoms with Gasteiger partial charge in [-0.15, -0.1) is 0 Å². The van der Waals surface area contributed by atoms with Crippen molar-refractivity contribution in [2.45, 2.75) is 18.0 Å². The molecule has 1 aromatic rings. The minimum atomic E-state index is -5.12. The van der Waals surface area contributed by atoms with Crippen LogP contribution in [0.2, 0.25) is 0 Å². The lowest BCUT2D eigenvalue weighted by Crippen LogP contribution is -2.39. The zero-order chi connectivity index (χ0) is 14.0. The molecule has 0 aliphatic rings. The van der Waals surface area contributed by atoms with E-state index in [1.54, 1.807) is 35.2 Å². The molecule has 1 rings (SSSR count). The Bertz CT molecular complexity index is 471. The molecule has 9 heteroatoms. The van der Waals surface area contributed by atoms with Crippen LogP contribution in [0, 0.1) is 0 Å². The molecule has 1 heterocycles. The van der Waals surface area contributed by atoms with Crippen molar-refractivity contribution in [3.05, 3.63) is 30.6 Å². The topological polar surface area (TPSA) is 119 Å². The van der Waals surface area contributed by atoms with E-state index in [9.17, 15) is 19.1 Å². The highest BCUT2D eigenvalue weighted by atomic mass is 31.2. The van der Waals surface area contributed by atoms with E-state index in [0.29, 0.717) is 0 Å². The Hall–Kier alpha value is -0.550. The van der Waals surface area contributed by atoms with Crippen LogP contribution in [0.25, 0.3) is 0 Å². The van der Waals surface area contributed by atoms with Gasteiger partial charge in [0, 0.05) is 18.8 Å². The third-order valence-corrected chi connectivity index (χ3v) is 7.22. The van der Waals surface area contributed by atoms with E-state index in [1.807, 2.05) is 0 Å². The predicted molar refractivity (Wildman–Crippen MR) is 64.0 cm³/mol. The molecule has 0 saturated heterocycles. The number of rotatable bonds is 5. The summed E-state index contributed by atoms with van der Waals surface area (Å²) in [6, 6.07) is 5.14. The highest BCUT2D eigenvalue weighted by Gasteiger charge is 2.57. The number of aromatic nitrogens is 1. The molecule has 4 N–H and O–H groups in total. The summed E-state index contributed by atoms with van der Waals surface area (Å²) in [5, 5.41) is 6.94. The Balaban J connectivity index is 2.96. The van der Waals surface area contributed by atoms with Gasteiger partial charge in [0.15, 0.2) is 18.9 Å². The zero-order valence-electron chi connectivity index (χ0n) is 9.75. The van der Waals surface area contributed by atoms with Crippen LogP contribution in [-0.2, 0) is 15.7 Å². The molecule has 18 heavy (non-hydrogen) atoms. The van der Waals surface area contributed by atoms with Crippen molar-refractivity contribution in [1.82, 2.24) is 0 Å². The number of pyridine rings is 1. The van der Waals surface area contributed by atoms with Crippen molar-refractivity contribution in [2.75, 3.05) is 6.66 Å². The lowest BCUT2D eigenvalue weighted by molar-refractivity contribution is -0.698.